The van der Waals surface area contributed by atoms with Crippen LogP contribution in [0.3, 0.4) is 0 Å². The SMILES string of the molecule is CC(N)CCCN1CCN(CCC(C)N)CC1. The van der Waals surface area contributed by atoms with Crippen LogP contribution in [0.2, 0.25) is 0 Å². The minimum absolute atomic E-state index is 0.332. The second kappa shape index (κ2) is 8.03. The molecule has 4 N–H and O–H groups in total. The highest BCUT2D eigenvalue weighted by Gasteiger charge is 2.16. The lowest BCUT2D eigenvalue weighted by atomic mass is 10.2. The molecule has 4 nitrogen and oxygen atoms in total. The summed E-state index contributed by atoms with van der Waals surface area (Å²) in [5.41, 5.74) is 11.5. The first-order valence-corrected chi connectivity index (χ1v) is 7.04. The van der Waals surface area contributed by atoms with Gasteiger partial charge in [-0.2, -0.15) is 0 Å². The third-order valence-electron chi connectivity index (χ3n) is 3.50. The predicted octanol–water partition coefficient (Wildman–Crippen LogP) is 0.469. The van der Waals surface area contributed by atoms with Crippen LogP contribution in [0.4, 0.5) is 0 Å². The van der Waals surface area contributed by atoms with Gasteiger partial charge in [0.15, 0.2) is 0 Å². The molecule has 1 aliphatic rings. The van der Waals surface area contributed by atoms with Crippen LogP contribution < -0.4 is 11.5 Å². The van der Waals surface area contributed by atoms with E-state index >= 15 is 0 Å². The molecular formula is C13H30N4. The third-order valence-corrected chi connectivity index (χ3v) is 3.50. The molecule has 1 fully saturated rings. The van der Waals surface area contributed by atoms with Gasteiger partial charge >= 0.3 is 0 Å². The van der Waals surface area contributed by atoms with Crippen molar-refractivity contribution in [3.8, 4) is 0 Å². The van der Waals surface area contributed by atoms with Crippen LogP contribution in [0.15, 0.2) is 0 Å². The van der Waals surface area contributed by atoms with Gasteiger partial charge in [-0.1, -0.05) is 0 Å². The lowest BCUT2D eigenvalue weighted by Crippen LogP contribution is -2.47. The highest BCUT2D eigenvalue weighted by molar-refractivity contribution is 4.73. The zero-order valence-corrected chi connectivity index (χ0v) is 11.6. The van der Waals surface area contributed by atoms with Crippen molar-refractivity contribution in [3.05, 3.63) is 0 Å². The summed E-state index contributed by atoms with van der Waals surface area (Å²) >= 11 is 0. The summed E-state index contributed by atoms with van der Waals surface area (Å²) in [5, 5.41) is 0. The van der Waals surface area contributed by atoms with Gasteiger partial charge in [0.25, 0.3) is 0 Å². The second-order valence-corrected chi connectivity index (χ2v) is 5.57. The summed E-state index contributed by atoms with van der Waals surface area (Å²) in [5.74, 6) is 0. The zero-order chi connectivity index (χ0) is 12.7. The van der Waals surface area contributed by atoms with Crippen LogP contribution in [0.1, 0.15) is 33.1 Å². The molecule has 0 saturated carbocycles. The molecule has 0 aromatic rings. The van der Waals surface area contributed by atoms with Crippen LogP contribution in [0, 0.1) is 0 Å². The van der Waals surface area contributed by atoms with Crippen LogP contribution in [0.5, 0.6) is 0 Å². The minimum Gasteiger partial charge on any atom is -0.328 e. The number of nitrogens with two attached hydrogens (primary N) is 2. The Morgan fingerprint density at radius 2 is 1.29 bits per heavy atom. The molecule has 2 unspecified atom stereocenters. The molecule has 0 bridgehead atoms. The number of rotatable bonds is 7. The Hall–Kier alpha value is -0.160. The number of hydrogen-bond acceptors (Lipinski definition) is 4. The van der Waals surface area contributed by atoms with Gasteiger partial charge in [-0.15, -0.1) is 0 Å². The van der Waals surface area contributed by atoms with Gasteiger partial charge in [-0.25, -0.2) is 0 Å². The van der Waals surface area contributed by atoms with Crippen molar-refractivity contribution >= 4 is 0 Å². The third kappa shape index (κ3) is 6.99. The highest BCUT2D eigenvalue weighted by atomic mass is 15.3. The Balaban J connectivity index is 2.05. The molecule has 0 aromatic carbocycles. The average Bonchev–Trinajstić information content (AvgIpc) is 2.27. The lowest BCUT2D eigenvalue weighted by Gasteiger charge is -2.35. The fourth-order valence-electron chi connectivity index (χ4n) is 2.26. The second-order valence-electron chi connectivity index (χ2n) is 5.57. The van der Waals surface area contributed by atoms with Crippen molar-refractivity contribution in [2.75, 3.05) is 39.3 Å². The predicted molar refractivity (Wildman–Crippen MR) is 74.0 cm³/mol. The van der Waals surface area contributed by atoms with Crippen LogP contribution >= 0.6 is 0 Å². The van der Waals surface area contributed by atoms with E-state index in [0.717, 1.165) is 19.4 Å². The van der Waals surface area contributed by atoms with Crippen molar-refractivity contribution in [3.63, 3.8) is 0 Å². The molecule has 1 saturated heterocycles. The highest BCUT2D eigenvalue weighted by Crippen LogP contribution is 2.05. The monoisotopic (exact) mass is 242 g/mol. The molecule has 0 amide bonds. The van der Waals surface area contributed by atoms with E-state index < -0.39 is 0 Å². The Kier molecular flexibility index (Phi) is 7.04. The molecule has 2 atom stereocenters. The first kappa shape index (κ1) is 14.9. The standard InChI is InChI=1S/C13H30N4/c1-12(14)4-3-6-16-8-10-17(11-9-16)7-5-13(2)15/h12-13H,3-11,14-15H2,1-2H3. The molecule has 4 heteroatoms. The van der Waals surface area contributed by atoms with Crippen molar-refractivity contribution < 1.29 is 0 Å². The Labute approximate surface area is 106 Å². The van der Waals surface area contributed by atoms with Crippen molar-refractivity contribution in [1.82, 2.24) is 9.80 Å². The molecule has 1 aliphatic heterocycles. The van der Waals surface area contributed by atoms with Crippen molar-refractivity contribution in [2.24, 2.45) is 11.5 Å². The number of hydrogen-bond donors (Lipinski definition) is 2. The van der Waals surface area contributed by atoms with E-state index in [1.54, 1.807) is 0 Å². The van der Waals surface area contributed by atoms with E-state index in [1.165, 1.54) is 39.1 Å². The van der Waals surface area contributed by atoms with Crippen molar-refractivity contribution in [2.45, 2.75) is 45.2 Å². The van der Waals surface area contributed by atoms with E-state index in [2.05, 4.69) is 23.6 Å². The summed E-state index contributed by atoms with van der Waals surface area (Å²) in [6, 6.07) is 0.682. The van der Waals surface area contributed by atoms with Gasteiger partial charge in [0, 0.05) is 38.3 Å². The largest absolute Gasteiger partial charge is 0.328 e. The Morgan fingerprint density at radius 1 is 0.824 bits per heavy atom. The molecular weight excluding hydrogens is 212 g/mol. The zero-order valence-electron chi connectivity index (χ0n) is 11.6. The van der Waals surface area contributed by atoms with Gasteiger partial charge in [0.1, 0.15) is 0 Å². The number of nitrogens with zero attached hydrogens (tertiary/aromatic N) is 2. The summed E-state index contributed by atoms with van der Waals surface area (Å²) in [4.78, 5) is 5.09. The molecule has 0 radical (unpaired) electrons. The van der Waals surface area contributed by atoms with E-state index in [9.17, 15) is 0 Å². The van der Waals surface area contributed by atoms with E-state index in [-0.39, 0.29) is 0 Å². The molecule has 1 rings (SSSR count). The summed E-state index contributed by atoms with van der Waals surface area (Å²) in [7, 11) is 0. The summed E-state index contributed by atoms with van der Waals surface area (Å²) < 4.78 is 0. The smallest absolute Gasteiger partial charge is 0.0110 e. The molecule has 0 aliphatic carbocycles. The lowest BCUT2D eigenvalue weighted by molar-refractivity contribution is 0.128. The van der Waals surface area contributed by atoms with Gasteiger partial charge in [-0.3, -0.25) is 0 Å². The Bertz CT molecular complexity index is 186. The van der Waals surface area contributed by atoms with Gasteiger partial charge < -0.3 is 21.3 Å². The van der Waals surface area contributed by atoms with E-state index in [0.29, 0.717) is 12.1 Å². The van der Waals surface area contributed by atoms with E-state index in [1.807, 2.05) is 0 Å². The fraction of sp³-hybridized carbons (Fsp3) is 1.00. The first-order chi connectivity index (χ1) is 8.08. The summed E-state index contributed by atoms with van der Waals surface area (Å²) in [6.07, 6.45) is 3.49. The minimum atomic E-state index is 0.332. The van der Waals surface area contributed by atoms with Gasteiger partial charge in [-0.05, 0) is 46.2 Å². The first-order valence-electron chi connectivity index (χ1n) is 7.04. The van der Waals surface area contributed by atoms with Gasteiger partial charge in [0.2, 0.25) is 0 Å². The topological polar surface area (TPSA) is 58.5 Å². The maximum atomic E-state index is 5.78. The maximum Gasteiger partial charge on any atom is 0.0110 e. The van der Waals surface area contributed by atoms with Crippen LogP contribution in [-0.2, 0) is 0 Å². The maximum absolute atomic E-state index is 5.78. The average molecular weight is 242 g/mol. The molecule has 0 aromatic heterocycles. The van der Waals surface area contributed by atoms with Crippen molar-refractivity contribution in [1.29, 1.82) is 0 Å². The molecule has 1 heterocycles. The fourth-order valence-corrected chi connectivity index (χ4v) is 2.26. The summed E-state index contributed by atoms with van der Waals surface area (Å²) in [6.45, 7) is 11.4. The van der Waals surface area contributed by atoms with Crippen LogP contribution in [-0.4, -0.2) is 61.2 Å². The quantitative estimate of drug-likeness (QED) is 0.681. The molecule has 102 valence electrons. The Morgan fingerprint density at radius 3 is 1.76 bits per heavy atom. The number of piperazine rings is 1. The van der Waals surface area contributed by atoms with Gasteiger partial charge in [0.05, 0.1) is 0 Å². The molecule has 17 heavy (non-hydrogen) atoms. The normalized spacial score (nSPS) is 22.6. The van der Waals surface area contributed by atoms with E-state index in [4.69, 9.17) is 11.5 Å². The van der Waals surface area contributed by atoms with Crippen LogP contribution in [0.25, 0.3) is 0 Å². The molecule has 0 spiro atoms.